The van der Waals surface area contributed by atoms with Gasteiger partial charge in [-0.05, 0) is 24.3 Å². The van der Waals surface area contributed by atoms with Crippen LogP contribution in [0, 0.1) is 5.41 Å². The third kappa shape index (κ3) is 4.27. The van der Waals surface area contributed by atoms with E-state index in [9.17, 15) is 4.79 Å². The summed E-state index contributed by atoms with van der Waals surface area (Å²) in [5.74, 6) is 0.785. The zero-order chi connectivity index (χ0) is 11.5. The minimum absolute atomic E-state index is 0.251. The number of carbonyl (C=O) groups is 1. The summed E-state index contributed by atoms with van der Waals surface area (Å²) in [6.07, 6.45) is 0. The molecule has 0 N–H and O–H groups in total. The van der Waals surface area contributed by atoms with Crippen LogP contribution in [0.2, 0.25) is 5.02 Å². The highest BCUT2D eigenvalue weighted by Crippen LogP contribution is 2.24. The van der Waals surface area contributed by atoms with E-state index in [1.54, 1.807) is 11.8 Å². The summed E-state index contributed by atoms with van der Waals surface area (Å²) in [7, 11) is 0. The monoisotopic (exact) mass is 242 g/mol. The van der Waals surface area contributed by atoms with E-state index in [-0.39, 0.29) is 11.2 Å². The molecular formula is C12H15ClOS. The molecule has 0 aliphatic heterocycles. The Kier molecular flexibility index (Phi) is 4.23. The molecule has 0 bridgehead atoms. The van der Waals surface area contributed by atoms with Gasteiger partial charge < -0.3 is 0 Å². The van der Waals surface area contributed by atoms with Gasteiger partial charge in [0, 0.05) is 15.3 Å². The number of Topliss-reactive ketones (excluding diaryl/α,β-unsaturated/α-hetero) is 1. The van der Waals surface area contributed by atoms with Gasteiger partial charge in [-0.3, -0.25) is 4.79 Å². The summed E-state index contributed by atoms with van der Waals surface area (Å²) in [5.41, 5.74) is -0.251. The normalized spacial score (nSPS) is 11.5. The third-order valence-electron chi connectivity index (χ3n) is 2.02. The van der Waals surface area contributed by atoms with Gasteiger partial charge in [-0.1, -0.05) is 32.4 Å². The van der Waals surface area contributed by atoms with E-state index < -0.39 is 0 Å². The lowest BCUT2D eigenvalue weighted by Gasteiger charge is -2.15. The van der Waals surface area contributed by atoms with Gasteiger partial charge in [0.25, 0.3) is 0 Å². The van der Waals surface area contributed by atoms with Gasteiger partial charge in [-0.2, -0.15) is 0 Å². The van der Waals surface area contributed by atoms with Crippen molar-refractivity contribution < 1.29 is 4.79 Å². The molecule has 0 atom stereocenters. The lowest BCUT2D eigenvalue weighted by molar-refractivity contribution is -0.123. The number of benzene rings is 1. The van der Waals surface area contributed by atoms with E-state index in [1.165, 1.54) is 0 Å². The van der Waals surface area contributed by atoms with Gasteiger partial charge in [0.05, 0.1) is 5.75 Å². The van der Waals surface area contributed by atoms with Crippen molar-refractivity contribution in [3.8, 4) is 0 Å². The molecule has 15 heavy (non-hydrogen) atoms. The summed E-state index contributed by atoms with van der Waals surface area (Å²) in [6.45, 7) is 5.83. The van der Waals surface area contributed by atoms with Gasteiger partial charge in [-0.15, -0.1) is 11.8 Å². The quantitative estimate of drug-likeness (QED) is 0.744. The van der Waals surface area contributed by atoms with E-state index in [1.807, 2.05) is 45.0 Å². The number of ketones is 1. The van der Waals surface area contributed by atoms with Crippen molar-refractivity contribution in [2.24, 2.45) is 5.41 Å². The van der Waals surface area contributed by atoms with Crippen molar-refractivity contribution in [3.05, 3.63) is 29.3 Å². The van der Waals surface area contributed by atoms with Crippen molar-refractivity contribution in [2.45, 2.75) is 25.7 Å². The molecule has 0 saturated heterocycles. The summed E-state index contributed by atoms with van der Waals surface area (Å²) in [5, 5.41) is 0.724. The van der Waals surface area contributed by atoms with Crippen LogP contribution in [0.3, 0.4) is 0 Å². The Morgan fingerprint density at radius 1 is 1.27 bits per heavy atom. The third-order valence-corrected chi connectivity index (χ3v) is 3.28. The summed E-state index contributed by atoms with van der Waals surface area (Å²) < 4.78 is 0. The maximum absolute atomic E-state index is 11.7. The fraction of sp³-hybridized carbons (Fsp3) is 0.417. The van der Waals surface area contributed by atoms with Crippen LogP contribution < -0.4 is 0 Å². The lowest BCUT2D eigenvalue weighted by Crippen LogP contribution is -2.21. The molecule has 0 fully saturated rings. The number of hydrogen-bond donors (Lipinski definition) is 0. The SMILES string of the molecule is CC(C)(C)C(=O)CSc1ccc(Cl)cc1. The molecule has 1 aromatic rings. The van der Waals surface area contributed by atoms with E-state index in [0.29, 0.717) is 5.75 Å². The number of carbonyl (C=O) groups excluding carboxylic acids is 1. The first kappa shape index (κ1) is 12.6. The maximum Gasteiger partial charge on any atom is 0.148 e. The van der Waals surface area contributed by atoms with Gasteiger partial charge in [-0.25, -0.2) is 0 Å². The first-order valence-electron chi connectivity index (χ1n) is 4.81. The molecule has 0 aliphatic carbocycles. The molecule has 0 saturated carbocycles. The highest BCUT2D eigenvalue weighted by Gasteiger charge is 2.20. The standard InChI is InChI=1S/C12H15ClOS/c1-12(2,3)11(14)8-15-10-6-4-9(13)5-7-10/h4-7H,8H2,1-3H3. The van der Waals surface area contributed by atoms with Crippen molar-refractivity contribution >= 4 is 29.1 Å². The van der Waals surface area contributed by atoms with Crippen LogP contribution in [0.5, 0.6) is 0 Å². The highest BCUT2D eigenvalue weighted by atomic mass is 35.5. The molecule has 82 valence electrons. The largest absolute Gasteiger partial charge is 0.298 e. The predicted molar refractivity (Wildman–Crippen MR) is 66.6 cm³/mol. The van der Waals surface area contributed by atoms with Crippen LogP contribution in [0.1, 0.15) is 20.8 Å². The van der Waals surface area contributed by atoms with Crippen LogP contribution in [0.4, 0.5) is 0 Å². The van der Waals surface area contributed by atoms with Gasteiger partial charge in [0.1, 0.15) is 5.78 Å². The fourth-order valence-electron chi connectivity index (χ4n) is 0.896. The number of rotatable bonds is 3. The first-order valence-corrected chi connectivity index (χ1v) is 6.17. The molecule has 0 unspecified atom stereocenters. The molecule has 0 aliphatic rings. The van der Waals surface area contributed by atoms with Crippen LogP contribution >= 0.6 is 23.4 Å². The first-order chi connectivity index (χ1) is 6.89. The zero-order valence-corrected chi connectivity index (χ0v) is 10.8. The zero-order valence-electron chi connectivity index (χ0n) is 9.21. The molecule has 0 amide bonds. The summed E-state index contributed by atoms with van der Waals surface area (Å²) in [6, 6.07) is 7.54. The number of thioether (sulfide) groups is 1. The van der Waals surface area contributed by atoms with Crippen LogP contribution in [-0.2, 0) is 4.79 Å². The van der Waals surface area contributed by atoms with Crippen LogP contribution in [0.25, 0.3) is 0 Å². The second-order valence-corrected chi connectivity index (χ2v) is 5.90. The Balaban J connectivity index is 2.51. The average molecular weight is 243 g/mol. The topological polar surface area (TPSA) is 17.1 Å². The summed E-state index contributed by atoms with van der Waals surface area (Å²) >= 11 is 7.33. The molecular weight excluding hydrogens is 228 g/mol. The molecule has 0 radical (unpaired) electrons. The van der Waals surface area contributed by atoms with Crippen LogP contribution in [0.15, 0.2) is 29.2 Å². The minimum Gasteiger partial charge on any atom is -0.298 e. The van der Waals surface area contributed by atoms with Crippen LogP contribution in [-0.4, -0.2) is 11.5 Å². The predicted octanol–water partition coefficient (Wildman–Crippen LogP) is 4.05. The van der Waals surface area contributed by atoms with E-state index >= 15 is 0 Å². The Labute approximate surface area is 100 Å². The molecule has 0 aromatic heterocycles. The Morgan fingerprint density at radius 2 is 1.80 bits per heavy atom. The Morgan fingerprint density at radius 3 is 2.27 bits per heavy atom. The fourth-order valence-corrected chi connectivity index (χ4v) is 2.08. The van der Waals surface area contributed by atoms with Crippen molar-refractivity contribution in [1.82, 2.24) is 0 Å². The second-order valence-electron chi connectivity index (χ2n) is 4.42. The Bertz CT molecular complexity index is 338. The number of hydrogen-bond acceptors (Lipinski definition) is 2. The van der Waals surface area contributed by atoms with E-state index in [0.717, 1.165) is 9.92 Å². The minimum atomic E-state index is -0.251. The molecule has 1 nitrogen and oxygen atoms in total. The lowest BCUT2D eigenvalue weighted by atomic mass is 9.92. The van der Waals surface area contributed by atoms with Gasteiger partial charge in [0.15, 0.2) is 0 Å². The number of halogens is 1. The van der Waals surface area contributed by atoms with Gasteiger partial charge in [0.2, 0.25) is 0 Å². The summed E-state index contributed by atoms with van der Waals surface area (Å²) in [4.78, 5) is 12.7. The smallest absolute Gasteiger partial charge is 0.148 e. The average Bonchev–Trinajstić information content (AvgIpc) is 2.15. The van der Waals surface area contributed by atoms with Gasteiger partial charge >= 0.3 is 0 Å². The van der Waals surface area contributed by atoms with Crippen molar-refractivity contribution in [3.63, 3.8) is 0 Å². The molecule has 1 rings (SSSR count). The highest BCUT2D eigenvalue weighted by molar-refractivity contribution is 8.00. The molecule has 1 aromatic carbocycles. The Hall–Kier alpha value is -0.470. The molecule has 0 heterocycles. The molecule has 0 spiro atoms. The van der Waals surface area contributed by atoms with Crippen molar-refractivity contribution in [2.75, 3.05) is 5.75 Å². The van der Waals surface area contributed by atoms with E-state index in [2.05, 4.69) is 0 Å². The van der Waals surface area contributed by atoms with Crippen molar-refractivity contribution in [1.29, 1.82) is 0 Å². The second kappa shape index (κ2) is 5.04. The molecule has 3 heteroatoms. The maximum atomic E-state index is 11.7. The van der Waals surface area contributed by atoms with E-state index in [4.69, 9.17) is 11.6 Å².